The number of nitrogens with zero attached hydrogens (tertiary/aromatic N) is 3. The third kappa shape index (κ3) is 4.53. The van der Waals surface area contributed by atoms with E-state index in [1.807, 2.05) is 0 Å². The molecule has 4 aliphatic rings. The highest BCUT2D eigenvalue weighted by Gasteiger charge is 2.51. The van der Waals surface area contributed by atoms with Gasteiger partial charge in [-0.25, -0.2) is 0 Å². The predicted molar refractivity (Wildman–Crippen MR) is 134 cm³/mol. The summed E-state index contributed by atoms with van der Waals surface area (Å²) in [6.07, 6.45) is 6.66. The number of hydrogen-bond donors (Lipinski definition) is 0. The predicted octanol–water partition coefficient (Wildman–Crippen LogP) is 5.07. The molecule has 2 bridgehead atoms. The maximum Gasteiger partial charge on any atom is 0.0342 e. The molecule has 172 valence electrons. The molecule has 1 saturated carbocycles. The minimum atomic E-state index is 0.238. The van der Waals surface area contributed by atoms with Crippen LogP contribution in [-0.4, -0.2) is 73.6 Å². The fraction of sp³-hybridized carbons (Fsp3) is 0.586. The van der Waals surface area contributed by atoms with Crippen LogP contribution >= 0.6 is 0 Å². The summed E-state index contributed by atoms with van der Waals surface area (Å²) in [7, 11) is 4.66. The van der Waals surface area contributed by atoms with E-state index in [2.05, 4.69) is 89.5 Å². The molecule has 3 nitrogen and oxygen atoms in total. The fourth-order valence-electron chi connectivity index (χ4n) is 6.98. The zero-order valence-corrected chi connectivity index (χ0v) is 20.1. The minimum absolute atomic E-state index is 0.238. The van der Waals surface area contributed by atoms with Crippen molar-refractivity contribution < 1.29 is 0 Å². The lowest BCUT2D eigenvalue weighted by Crippen LogP contribution is -2.54. The summed E-state index contributed by atoms with van der Waals surface area (Å²) in [6.45, 7) is 7.59. The van der Waals surface area contributed by atoms with Crippen LogP contribution in [0.2, 0.25) is 0 Å². The van der Waals surface area contributed by atoms with E-state index in [-0.39, 0.29) is 5.54 Å². The molecule has 2 atom stereocenters. The Morgan fingerprint density at radius 1 is 0.781 bits per heavy atom. The molecular weight excluding hydrogens is 390 g/mol. The van der Waals surface area contributed by atoms with Gasteiger partial charge in [0, 0.05) is 18.6 Å². The highest BCUT2D eigenvalue weighted by Crippen LogP contribution is 2.54. The highest BCUT2D eigenvalue weighted by molar-refractivity contribution is 5.30. The van der Waals surface area contributed by atoms with Crippen molar-refractivity contribution in [1.82, 2.24) is 14.7 Å². The molecule has 0 amide bonds. The first-order chi connectivity index (χ1) is 15.6. The number of hydrogen-bond acceptors (Lipinski definition) is 3. The molecule has 1 aliphatic carbocycles. The zero-order chi connectivity index (χ0) is 22.0. The van der Waals surface area contributed by atoms with E-state index < -0.39 is 0 Å². The van der Waals surface area contributed by atoms with E-state index in [0.29, 0.717) is 17.8 Å². The normalized spacial score (nSPS) is 31.3. The van der Waals surface area contributed by atoms with Crippen molar-refractivity contribution in [2.45, 2.75) is 49.5 Å². The SMILES string of the molecule is CN(C)C12CC(c3ccccc3)C(CN(CCCN3CCCC3)C1)C(c1ccccc1)C2. The number of rotatable bonds is 7. The van der Waals surface area contributed by atoms with E-state index in [0.717, 1.165) is 0 Å². The van der Waals surface area contributed by atoms with Crippen LogP contribution in [0.3, 0.4) is 0 Å². The van der Waals surface area contributed by atoms with Crippen LogP contribution in [0.25, 0.3) is 0 Å². The molecule has 4 fully saturated rings. The maximum atomic E-state index is 2.84. The van der Waals surface area contributed by atoms with Gasteiger partial charge >= 0.3 is 0 Å². The first kappa shape index (κ1) is 22.1. The summed E-state index contributed by atoms with van der Waals surface area (Å²) in [6, 6.07) is 22.8. The van der Waals surface area contributed by atoms with Crippen molar-refractivity contribution in [1.29, 1.82) is 0 Å². The molecule has 2 aromatic rings. The van der Waals surface area contributed by atoms with Crippen LogP contribution in [0.15, 0.2) is 60.7 Å². The average molecular weight is 432 g/mol. The molecular formula is C29H41N3. The summed E-state index contributed by atoms with van der Waals surface area (Å²) in [5.74, 6) is 1.93. The van der Waals surface area contributed by atoms with Crippen LogP contribution in [-0.2, 0) is 0 Å². The monoisotopic (exact) mass is 431 g/mol. The lowest BCUT2D eigenvalue weighted by Gasteiger charge is -2.49. The molecule has 0 aromatic heterocycles. The molecule has 0 spiro atoms. The molecule has 6 rings (SSSR count). The maximum absolute atomic E-state index is 2.84. The molecule has 2 unspecified atom stereocenters. The van der Waals surface area contributed by atoms with Crippen molar-refractivity contribution in [3.05, 3.63) is 71.8 Å². The fourth-order valence-corrected chi connectivity index (χ4v) is 6.98. The summed E-state index contributed by atoms with van der Waals surface area (Å²) >= 11 is 0. The molecule has 0 radical (unpaired) electrons. The summed E-state index contributed by atoms with van der Waals surface area (Å²) in [5, 5.41) is 0. The van der Waals surface area contributed by atoms with Crippen LogP contribution < -0.4 is 0 Å². The van der Waals surface area contributed by atoms with Gasteiger partial charge in [-0.1, -0.05) is 60.7 Å². The van der Waals surface area contributed by atoms with Crippen LogP contribution in [0.5, 0.6) is 0 Å². The van der Waals surface area contributed by atoms with Crippen molar-refractivity contribution in [2.24, 2.45) is 5.92 Å². The molecule has 3 aliphatic heterocycles. The quantitative estimate of drug-likeness (QED) is 0.606. The molecule has 2 aromatic carbocycles. The Morgan fingerprint density at radius 3 is 1.84 bits per heavy atom. The minimum Gasteiger partial charge on any atom is -0.303 e. The zero-order valence-electron chi connectivity index (χ0n) is 20.1. The summed E-state index contributed by atoms with van der Waals surface area (Å²) in [5.41, 5.74) is 3.33. The third-order valence-corrected chi connectivity index (χ3v) is 8.77. The van der Waals surface area contributed by atoms with Crippen molar-refractivity contribution in [3.8, 4) is 0 Å². The largest absolute Gasteiger partial charge is 0.303 e. The van der Waals surface area contributed by atoms with Gasteiger partial charge in [-0.3, -0.25) is 0 Å². The average Bonchev–Trinajstić information content (AvgIpc) is 3.21. The van der Waals surface area contributed by atoms with Crippen molar-refractivity contribution in [3.63, 3.8) is 0 Å². The second-order valence-corrected chi connectivity index (χ2v) is 10.9. The van der Waals surface area contributed by atoms with Gasteiger partial charge in [-0.05, 0) is 101 Å². The molecule has 3 heterocycles. The van der Waals surface area contributed by atoms with E-state index >= 15 is 0 Å². The van der Waals surface area contributed by atoms with Gasteiger partial charge in [-0.15, -0.1) is 0 Å². The van der Waals surface area contributed by atoms with Gasteiger partial charge in [0.05, 0.1) is 0 Å². The number of benzene rings is 2. The van der Waals surface area contributed by atoms with Gasteiger partial charge < -0.3 is 14.7 Å². The standard InChI is InChI=1S/C29H41N3/c1-30(2)29-20-26(24-12-5-3-6-13-24)28(27(21-29)25-14-7-4-8-15-25)22-32(23-29)19-11-18-31-16-9-10-17-31/h3-8,12-15,26-28H,9-11,16-23H2,1-2H3. The third-order valence-electron chi connectivity index (χ3n) is 8.77. The molecule has 32 heavy (non-hydrogen) atoms. The van der Waals surface area contributed by atoms with E-state index in [9.17, 15) is 0 Å². The smallest absolute Gasteiger partial charge is 0.0342 e. The lowest BCUT2D eigenvalue weighted by atomic mass is 9.61. The topological polar surface area (TPSA) is 9.72 Å². The van der Waals surface area contributed by atoms with Gasteiger partial charge in [0.2, 0.25) is 0 Å². The Balaban J connectivity index is 1.44. The molecule has 0 N–H and O–H groups in total. The van der Waals surface area contributed by atoms with Crippen LogP contribution in [0, 0.1) is 5.92 Å². The van der Waals surface area contributed by atoms with Gasteiger partial charge in [0.25, 0.3) is 0 Å². The van der Waals surface area contributed by atoms with E-state index in [1.54, 1.807) is 11.1 Å². The van der Waals surface area contributed by atoms with Crippen LogP contribution in [0.4, 0.5) is 0 Å². The van der Waals surface area contributed by atoms with Gasteiger partial charge in [-0.2, -0.15) is 0 Å². The first-order valence-electron chi connectivity index (χ1n) is 12.9. The number of fused-ring (bicyclic) bond motifs is 4. The van der Waals surface area contributed by atoms with E-state index in [1.165, 1.54) is 71.4 Å². The highest BCUT2D eigenvalue weighted by atomic mass is 15.2. The Hall–Kier alpha value is -1.68. The number of likely N-dealkylation sites (N-methyl/N-ethyl adjacent to an activating group) is 1. The Morgan fingerprint density at radius 2 is 1.31 bits per heavy atom. The number of likely N-dealkylation sites (tertiary alicyclic amines) is 1. The first-order valence-corrected chi connectivity index (χ1v) is 12.9. The van der Waals surface area contributed by atoms with Crippen molar-refractivity contribution in [2.75, 3.05) is 53.4 Å². The Labute approximate surface area is 195 Å². The summed E-state index contributed by atoms with van der Waals surface area (Å²) in [4.78, 5) is 8.09. The van der Waals surface area contributed by atoms with Gasteiger partial charge in [0.1, 0.15) is 0 Å². The van der Waals surface area contributed by atoms with Crippen LogP contribution in [0.1, 0.15) is 55.1 Å². The molecule has 3 saturated heterocycles. The van der Waals surface area contributed by atoms with Gasteiger partial charge in [0.15, 0.2) is 0 Å². The second-order valence-electron chi connectivity index (χ2n) is 10.9. The Bertz CT molecular complexity index is 794. The summed E-state index contributed by atoms with van der Waals surface area (Å²) < 4.78 is 0. The lowest BCUT2D eigenvalue weighted by molar-refractivity contribution is 0.0643. The van der Waals surface area contributed by atoms with E-state index in [4.69, 9.17) is 0 Å². The molecule has 3 heteroatoms. The van der Waals surface area contributed by atoms with Crippen molar-refractivity contribution >= 4 is 0 Å². The Kier molecular flexibility index (Phi) is 6.69. The second kappa shape index (κ2) is 9.67.